The minimum absolute atomic E-state index is 0.100. The fraction of sp³-hybridized carbons (Fsp3) is 0.333. The highest BCUT2D eigenvalue weighted by Crippen LogP contribution is 2.39. The predicted molar refractivity (Wildman–Crippen MR) is 116 cm³/mol. The second-order valence-corrected chi connectivity index (χ2v) is 6.65. The van der Waals surface area contributed by atoms with Crippen LogP contribution in [0.15, 0.2) is 35.5 Å². The summed E-state index contributed by atoms with van der Waals surface area (Å²) < 4.78 is 13.2. The molecule has 8 heteroatoms. The molecule has 1 aliphatic rings. The van der Waals surface area contributed by atoms with Gasteiger partial charge in [-0.2, -0.15) is 9.65 Å². The van der Waals surface area contributed by atoms with Crippen molar-refractivity contribution in [3.05, 3.63) is 47.0 Å². The Balaban J connectivity index is 0.00000145. The molecule has 0 saturated carbocycles. The standard InChI is InChI=1S/C19H18ClFN6.C2H6/c20-16-3-2-14(13-1-4-17(21)25-10-13)18(15(16)9-22)27-7-5-12(6-8-27)19(24)26-11-23;1-2/h1-4,10-12H,5-8H2,(H3,23,24,26);1-2H3. The number of benzene rings is 1. The summed E-state index contributed by atoms with van der Waals surface area (Å²) in [4.78, 5) is 9.68. The van der Waals surface area contributed by atoms with Crippen LogP contribution < -0.4 is 10.6 Å². The van der Waals surface area contributed by atoms with Gasteiger partial charge in [0.1, 0.15) is 18.2 Å². The highest BCUT2D eigenvalue weighted by Gasteiger charge is 2.26. The molecule has 0 aliphatic carbocycles. The molecule has 1 aliphatic heterocycles. The van der Waals surface area contributed by atoms with Crippen molar-refractivity contribution in [2.24, 2.45) is 16.6 Å². The van der Waals surface area contributed by atoms with Gasteiger partial charge in [-0.15, -0.1) is 0 Å². The molecule has 0 unspecified atom stereocenters. The maximum Gasteiger partial charge on any atom is 0.212 e. The van der Waals surface area contributed by atoms with E-state index in [1.54, 1.807) is 12.1 Å². The molecule has 0 radical (unpaired) electrons. The van der Waals surface area contributed by atoms with Crippen LogP contribution >= 0.6 is 11.6 Å². The zero-order valence-electron chi connectivity index (χ0n) is 16.5. The molecule has 3 rings (SSSR count). The Labute approximate surface area is 175 Å². The number of rotatable bonds is 4. The van der Waals surface area contributed by atoms with E-state index in [0.717, 1.165) is 30.4 Å². The van der Waals surface area contributed by atoms with Crippen LogP contribution in [0.5, 0.6) is 0 Å². The van der Waals surface area contributed by atoms with Crippen molar-refractivity contribution in [1.82, 2.24) is 4.98 Å². The zero-order valence-corrected chi connectivity index (χ0v) is 17.2. The lowest BCUT2D eigenvalue weighted by Gasteiger charge is -2.35. The van der Waals surface area contributed by atoms with Gasteiger partial charge in [-0.25, -0.2) is 9.98 Å². The number of hydrogen-bond acceptors (Lipinski definition) is 4. The summed E-state index contributed by atoms with van der Waals surface area (Å²) in [6.07, 6.45) is 3.90. The average molecular weight is 415 g/mol. The molecule has 1 saturated heterocycles. The van der Waals surface area contributed by atoms with Crippen LogP contribution in [0.2, 0.25) is 5.02 Å². The summed E-state index contributed by atoms with van der Waals surface area (Å²) in [7, 11) is 0. The van der Waals surface area contributed by atoms with Gasteiger partial charge in [-0.1, -0.05) is 31.5 Å². The van der Waals surface area contributed by atoms with Crippen molar-refractivity contribution in [3.8, 4) is 17.2 Å². The predicted octanol–water partition coefficient (Wildman–Crippen LogP) is 4.62. The highest BCUT2D eigenvalue weighted by atomic mass is 35.5. The summed E-state index contributed by atoms with van der Waals surface area (Å²) >= 11 is 6.26. The van der Waals surface area contributed by atoms with Crippen LogP contribution in [-0.2, 0) is 0 Å². The number of aromatic nitrogens is 1. The first-order valence-corrected chi connectivity index (χ1v) is 9.84. The van der Waals surface area contributed by atoms with E-state index < -0.39 is 5.95 Å². The van der Waals surface area contributed by atoms with Crippen LogP contribution in [-0.4, -0.2) is 30.2 Å². The van der Waals surface area contributed by atoms with Gasteiger partial charge < -0.3 is 10.6 Å². The van der Waals surface area contributed by atoms with Gasteiger partial charge in [0.25, 0.3) is 0 Å². The summed E-state index contributed by atoms with van der Waals surface area (Å²) in [5.41, 5.74) is 8.53. The van der Waals surface area contributed by atoms with E-state index in [9.17, 15) is 9.65 Å². The van der Waals surface area contributed by atoms with Crippen molar-refractivity contribution in [2.75, 3.05) is 18.0 Å². The van der Waals surface area contributed by atoms with Crippen LogP contribution in [0.1, 0.15) is 32.3 Å². The molecule has 1 aromatic heterocycles. The van der Waals surface area contributed by atoms with Gasteiger partial charge in [0.2, 0.25) is 5.95 Å². The molecule has 152 valence electrons. The Hall–Kier alpha value is -2.98. The molecule has 1 aromatic carbocycles. The molecule has 2 heterocycles. The number of halogens is 2. The largest absolute Gasteiger partial charge is 0.387 e. The second kappa shape index (κ2) is 10.5. The van der Waals surface area contributed by atoms with Crippen molar-refractivity contribution >= 4 is 29.5 Å². The molecule has 6 nitrogen and oxygen atoms in total. The minimum atomic E-state index is -0.559. The number of amidine groups is 1. The average Bonchev–Trinajstić information content (AvgIpc) is 2.76. The Morgan fingerprint density at radius 3 is 2.59 bits per heavy atom. The van der Waals surface area contributed by atoms with Gasteiger partial charge in [0.05, 0.1) is 16.3 Å². The first-order valence-electron chi connectivity index (χ1n) is 9.46. The summed E-state index contributed by atoms with van der Waals surface area (Å²) in [6.45, 7) is 5.32. The van der Waals surface area contributed by atoms with Gasteiger partial charge in [0, 0.05) is 36.3 Å². The lowest BCUT2D eigenvalue weighted by Crippen LogP contribution is -2.39. The van der Waals surface area contributed by atoms with Crippen molar-refractivity contribution < 1.29 is 4.39 Å². The Morgan fingerprint density at radius 1 is 1.34 bits per heavy atom. The molecular weight excluding hydrogens is 391 g/mol. The molecule has 0 bridgehead atoms. The number of nitrogens with two attached hydrogens (primary N) is 1. The summed E-state index contributed by atoms with van der Waals surface area (Å²) in [5.74, 6) is -0.000684. The SMILES string of the molecule is CC.N#Cc1c(Cl)ccc(-c2ccc(F)nc2)c1N1CCC(C(N)=NC=N)CC1. The van der Waals surface area contributed by atoms with Crippen LogP contribution in [0.3, 0.4) is 0 Å². The lowest BCUT2D eigenvalue weighted by atomic mass is 9.93. The second-order valence-electron chi connectivity index (χ2n) is 6.24. The Kier molecular flexibility index (Phi) is 8.10. The third-order valence-electron chi connectivity index (χ3n) is 4.72. The van der Waals surface area contributed by atoms with E-state index in [1.165, 1.54) is 12.3 Å². The van der Waals surface area contributed by atoms with Crippen molar-refractivity contribution in [2.45, 2.75) is 26.7 Å². The van der Waals surface area contributed by atoms with Crippen LogP contribution in [0, 0.1) is 28.6 Å². The third kappa shape index (κ3) is 5.09. The Morgan fingerprint density at radius 2 is 2.03 bits per heavy atom. The van der Waals surface area contributed by atoms with E-state index in [0.29, 0.717) is 35.1 Å². The van der Waals surface area contributed by atoms with Crippen LogP contribution in [0.25, 0.3) is 11.1 Å². The zero-order chi connectivity index (χ0) is 21.4. The van der Waals surface area contributed by atoms with Crippen molar-refractivity contribution in [3.63, 3.8) is 0 Å². The number of anilines is 1. The Bertz CT molecular complexity index is 912. The maximum atomic E-state index is 13.2. The number of pyridine rings is 1. The van der Waals surface area contributed by atoms with E-state index in [1.807, 2.05) is 19.9 Å². The highest BCUT2D eigenvalue weighted by molar-refractivity contribution is 6.32. The smallest absolute Gasteiger partial charge is 0.212 e. The van der Waals surface area contributed by atoms with Crippen molar-refractivity contribution in [1.29, 1.82) is 10.7 Å². The van der Waals surface area contributed by atoms with Gasteiger partial charge in [-0.05, 0) is 31.0 Å². The molecule has 0 spiro atoms. The van der Waals surface area contributed by atoms with E-state index in [4.69, 9.17) is 22.7 Å². The molecule has 1 fully saturated rings. The topological polar surface area (TPSA) is 102 Å². The fourth-order valence-electron chi connectivity index (χ4n) is 3.35. The van der Waals surface area contributed by atoms with E-state index in [-0.39, 0.29) is 5.92 Å². The van der Waals surface area contributed by atoms with E-state index in [2.05, 4.69) is 20.9 Å². The third-order valence-corrected chi connectivity index (χ3v) is 5.04. The maximum absolute atomic E-state index is 13.2. The van der Waals surface area contributed by atoms with Gasteiger partial charge in [-0.3, -0.25) is 5.41 Å². The number of nitrogens with zero attached hydrogens (tertiary/aromatic N) is 4. The lowest BCUT2D eigenvalue weighted by molar-refractivity contribution is 0.500. The van der Waals surface area contributed by atoms with Gasteiger partial charge in [0.15, 0.2) is 0 Å². The molecule has 29 heavy (non-hydrogen) atoms. The minimum Gasteiger partial charge on any atom is -0.387 e. The summed E-state index contributed by atoms with van der Waals surface area (Å²) in [5, 5.41) is 17.1. The van der Waals surface area contributed by atoms with E-state index >= 15 is 0 Å². The molecule has 0 atom stereocenters. The first kappa shape index (κ1) is 22.3. The normalized spacial score (nSPS) is 14.6. The van der Waals surface area contributed by atoms with Crippen LogP contribution in [0.4, 0.5) is 10.1 Å². The van der Waals surface area contributed by atoms with Gasteiger partial charge >= 0.3 is 0 Å². The summed E-state index contributed by atoms with van der Waals surface area (Å²) in [6, 6.07) is 8.61. The number of piperidine rings is 1. The molecule has 2 aromatic rings. The number of nitriles is 1. The molecule has 0 amide bonds. The molecular formula is C21H24ClFN6. The molecule has 3 N–H and O–H groups in total. The monoisotopic (exact) mass is 414 g/mol. The number of hydrogen-bond donors (Lipinski definition) is 2. The quantitative estimate of drug-likeness (QED) is 0.432. The first-order chi connectivity index (χ1) is 14.0. The number of aliphatic imine (C=N–C) groups is 1. The fourth-order valence-corrected chi connectivity index (χ4v) is 3.54. The number of nitrogens with one attached hydrogen (secondary N) is 1.